The lowest BCUT2D eigenvalue weighted by molar-refractivity contribution is -0.132. The monoisotopic (exact) mass is 487 g/mol. The summed E-state index contributed by atoms with van der Waals surface area (Å²) >= 11 is 1.82. The van der Waals surface area contributed by atoms with Crippen LogP contribution in [0.1, 0.15) is 50.0 Å². The molecule has 35 heavy (non-hydrogen) atoms. The van der Waals surface area contributed by atoms with Crippen molar-refractivity contribution in [1.29, 1.82) is 0 Å². The van der Waals surface area contributed by atoms with E-state index >= 15 is 0 Å². The number of aryl methyl sites for hydroxylation is 2. The predicted molar refractivity (Wildman–Crippen MR) is 141 cm³/mol. The summed E-state index contributed by atoms with van der Waals surface area (Å²) in [6, 6.07) is 18.6. The van der Waals surface area contributed by atoms with Gasteiger partial charge in [0.1, 0.15) is 0 Å². The van der Waals surface area contributed by atoms with E-state index in [9.17, 15) is 9.59 Å². The molecule has 182 valence electrons. The molecule has 1 atom stereocenters. The molecule has 6 heteroatoms. The Labute approximate surface area is 212 Å². The first-order valence-corrected chi connectivity index (χ1v) is 13.4. The lowest BCUT2D eigenvalue weighted by atomic mass is 9.90. The van der Waals surface area contributed by atoms with Gasteiger partial charge in [0.05, 0.1) is 12.6 Å². The van der Waals surface area contributed by atoms with Crippen molar-refractivity contribution >= 4 is 23.2 Å². The van der Waals surface area contributed by atoms with E-state index in [1.54, 1.807) is 0 Å². The number of carbonyl (C=O) groups excluding carboxylic acids is 2. The maximum atomic E-state index is 13.5. The van der Waals surface area contributed by atoms with Gasteiger partial charge in [0.15, 0.2) is 0 Å². The third-order valence-corrected chi connectivity index (χ3v) is 8.32. The maximum absolute atomic E-state index is 13.5. The number of hydrogen-bond donors (Lipinski definition) is 0. The minimum atomic E-state index is 0.0555. The summed E-state index contributed by atoms with van der Waals surface area (Å²) in [7, 11) is 0. The minimum Gasteiger partial charge on any atom is -0.340 e. The van der Waals surface area contributed by atoms with Crippen molar-refractivity contribution in [3.05, 3.63) is 92.7 Å². The molecule has 5 rings (SSSR count). The molecule has 2 aliphatic rings. The summed E-state index contributed by atoms with van der Waals surface area (Å²) in [5.74, 6) is 0.215. The third kappa shape index (κ3) is 5.04. The summed E-state index contributed by atoms with van der Waals surface area (Å²) in [5, 5.41) is 2.18. The standard InChI is InChI=1S/C29H33N3O2S/c1-21-8-10-23(11-9-21)29(34)31-15-5-14-30(17-18-31)27(33)20-32-16-12-26-25(13-19-35-26)28(32)24-7-4-3-6-22(24)2/h3-4,6-11,13,19,28H,5,12,14-18,20H2,1-2H3/t28-/m0/s1. The average Bonchev–Trinajstić information content (AvgIpc) is 3.20. The van der Waals surface area contributed by atoms with Gasteiger partial charge in [-0.3, -0.25) is 14.5 Å². The van der Waals surface area contributed by atoms with Crippen LogP contribution < -0.4 is 0 Å². The molecule has 1 aromatic heterocycles. The number of carbonyl (C=O) groups is 2. The van der Waals surface area contributed by atoms with Crippen LogP contribution in [0.5, 0.6) is 0 Å². The van der Waals surface area contributed by atoms with Gasteiger partial charge in [-0.15, -0.1) is 11.3 Å². The fourth-order valence-electron chi connectivity index (χ4n) is 5.32. The molecule has 0 spiro atoms. The number of nitrogens with zero attached hydrogens (tertiary/aromatic N) is 3. The van der Waals surface area contributed by atoms with Crippen LogP contribution in [0.15, 0.2) is 60.0 Å². The first-order chi connectivity index (χ1) is 17.0. The zero-order valence-corrected chi connectivity index (χ0v) is 21.4. The number of thiophene rings is 1. The molecule has 2 aromatic carbocycles. The van der Waals surface area contributed by atoms with Crippen LogP contribution in [0, 0.1) is 13.8 Å². The van der Waals surface area contributed by atoms with Gasteiger partial charge in [-0.05, 0) is 67.0 Å². The summed E-state index contributed by atoms with van der Waals surface area (Å²) in [5.41, 5.74) is 5.75. The molecule has 0 N–H and O–H groups in total. The predicted octanol–water partition coefficient (Wildman–Crippen LogP) is 4.69. The highest BCUT2D eigenvalue weighted by Crippen LogP contribution is 2.38. The SMILES string of the molecule is Cc1ccc(C(=O)N2CCCN(C(=O)CN3CCc4sccc4[C@@H]3c3ccccc3C)CC2)cc1. The van der Waals surface area contributed by atoms with Gasteiger partial charge in [-0.1, -0.05) is 42.0 Å². The van der Waals surface area contributed by atoms with Gasteiger partial charge in [-0.2, -0.15) is 0 Å². The van der Waals surface area contributed by atoms with Crippen molar-refractivity contribution in [1.82, 2.24) is 14.7 Å². The van der Waals surface area contributed by atoms with E-state index in [0.717, 1.165) is 30.5 Å². The van der Waals surface area contributed by atoms with Crippen molar-refractivity contribution in [2.45, 2.75) is 32.7 Å². The fraction of sp³-hybridized carbons (Fsp3) is 0.379. The van der Waals surface area contributed by atoms with Crippen molar-refractivity contribution < 1.29 is 9.59 Å². The van der Waals surface area contributed by atoms with E-state index in [4.69, 9.17) is 0 Å². The van der Waals surface area contributed by atoms with Crippen LogP contribution in [-0.4, -0.2) is 65.8 Å². The van der Waals surface area contributed by atoms with Crippen LogP contribution in [-0.2, 0) is 11.2 Å². The van der Waals surface area contributed by atoms with E-state index in [1.165, 1.54) is 21.6 Å². The molecule has 3 heterocycles. The lowest BCUT2D eigenvalue weighted by Gasteiger charge is -2.37. The molecule has 2 amide bonds. The van der Waals surface area contributed by atoms with Crippen LogP contribution in [0.3, 0.4) is 0 Å². The molecular formula is C29H33N3O2S. The number of hydrogen-bond acceptors (Lipinski definition) is 4. The second-order valence-electron chi connectivity index (χ2n) is 9.67. The van der Waals surface area contributed by atoms with Crippen molar-refractivity contribution in [2.75, 3.05) is 39.3 Å². The molecule has 1 fully saturated rings. The molecule has 0 saturated carbocycles. The Morgan fingerprint density at radius 2 is 1.60 bits per heavy atom. The highest BCUT2D eigenvalue weighted by molar-refractivity contribution is 7.10. The van der Waals surface area contributed by atoms with Crippen LogP contribution >= 0.6 is 11.3 Å². The van der Waals surface area contributed by atoms with E-state index < -0.39 is 0 Å². The smallest absolute Gasteiger partial charge is 0.253 e. The lowest BCUT2D eigenvalue weighted by Crippen LogP contribution is -2.45. The summed E-state index contributed by atoms with van der Waals surface area (Å²) < 4.78 is 0. The molecule has 5 nitrogen and oxygen atoms in total. The number of rotatable bonds is 4. The first kappa shape index (κ1) is 23.8. The summed E-state index contributed by atoms with van der Waals surface area (Å²) in [6.45, 7) is 8.01. The Balaban J connectivity index is 1.28. The second-order valence-corrected chi connectivity index (χ2v) is 10.7. The number of amides is 2. The van der Waals surface area contributed by atoms with E-state index in [1.807, 2.05) is 52.3 Å². The minimum absolute atomic E-state index is 0.0555. The molecule has 2 aliphatic heterocycles. The Hall–Kier alpha value is -2.96. The Morgan fingerprint density at radius 1 is 0.857 bits per heavy atom. The van der Waals surface area contributed by atoms with Gasteiger partial charge in [0.25, 0.3) is 5.91 Å². The second kappa shape index (κ2) is 10.3. The van der Waals surface area contributed by atoms with Crippen molar-refractivity contribution in [3.8, 4) is 0 Å². The van der Waals surface area contributed by atoms with Gasteiger partial charge in [0, 0.05) is 43.2 Å². The Bertz CT molecular complexity index is 1200. The Morgan fingerprint density at radius 3 is 2.40 bits per heavy atom. The van der Waals surface area contributed by atoms with E-state index in [2.05, 4.69) is 47.5 Å². The maximum Gasteiger partial charge on any atom is 0.253 e. The van der Waals surface area contributed by atoms with Gasteiger partial charge < -0.3 is 9.80 Å². The van der Waals surface area contributed by atoms with Gasteiger partial charge >= 0.3 is 0 Å². The summed E-state index contributed by atoms with van der Waals surface area (Å²) in [4.78, 5) is 34.1. The third-order valence-electron chi connectivity index (χ3n) is 7.32. The number of benzene rings is 2. The summed E-state index contributed by atoms with van der Waals surface area (Å²) in [6.07, 6.45) is 1.79. The Kier molecular flexibility index (Phi) is 7.02. The topological polar surface area (TPSA) is 43.9 Å². The molecule has 0 bridgehead atoms. The molecular weight excluding hydrogens is 454 g/mol. The highest BCUT2D eigenvalue weighted by Gasteiger charge is 2.33. The van der Waals surface area contributed by atoms with Crippen LogP contribution in [0.25, 0.3) is 0 Å². The van der Waals surface area contributed by atoms with E-state index in [0.29, 0.717) is 32.7 Å². The van der Waals surface area contributed by atoms with Crippen molar-refractivity contribution in [2.24, 2.45) is 0 Å². The van der Waals surface area contributed by atoms with Crippen LogP contribution in [0.2, 0.25) is 0 Å². The normalized spacial score (nSPS) is 18.7. The fourth-order valence-corrected chi connectivity index (χ4v) is 6.22. The zero-order valence-electron chi connectivity index (χ0n) is 20.6. The average molecular weight is 488 g/mol. The van der Waals surface area contributed by atoms with Gasteiger partial charge in [0.2, 0.25) is 5.91 Å². The van der Waals surface area contributed by atoms with E-state index in [-0.39, 0.29) is 17.9 Å². The zero-order chi connectivity index (χ0) is 24.4. The molecule has 0 unspecified atom stereocenters. The van der Waals surface area contributed by atoms with Crippen LogP contribution in [0.4, 0.5) is 0 Å². The number of fused-ring (bicyclic) bond motifs is 1. The quantitative estimate of drug-likeness (QED) is 0.536. The largest absolute Gasteiger partial charge is 0.340 e. The molecule has 1 saturated heterocycles. The highest BCUT2D eigenvalue weighted by atomic mass is 32.1. The molecule has 0 radical (unpaired) electrons. The van der Waals surface area contributed by atoms with Gasteiger partial charge in [-0.25, -0.2) is 0 Å². The molecule has 0 aliphatic carbocycles. The molecule has 3 aromatic rings. The van der Waals surface area contributed by atoms with Crippen molar-refractivity contribution in [3.63, 3.8) is 0 Å². The first-order valence-electron chi connectivity index (χ1n) is 12.5.